The molecular weight excluding hydrogens is 230 g/mol. The van der Waals surface area contributed by atoms with Crippen molar-refractivity contribution >= 4 is 0 Å². The minimum Gasteiger partial charge on any atom is -0.492 e. The van der Waals surface area contributed by atoms with Gasteiger partial charge >= 0.3 is 0 Å². The van der Waals surface area contributed by atoms with Crippen LogP contribution in [0.4, 0.5) is 0 Å². The SMILES string of the molecule is COc1c(C2CCNC2)ccc2c1OCCCO2. The highest BCUT2D eigenvalue weighted by Crippen LogP contribution is 2.44. The van der Waals surface area contributed by atoms with Crippen LogP contribution in [0.2, 0.25) is 0 Å². The van der Waals surface area contributed by atoms with Crippen LogP contribution in [0, 0.1) is 0 Å². The van der Waals surface area contributed by atoms with Crippen LogP contribution < -0.4 is 19.5 Å². The predicted molar refractivity (Wildman–Crippen MR) is 68.8 cm³/mol. The van der Waals surface area contributed by atoms with Crippen molar-refractivity contribution in [2.45, 2.75) is 18.8 Å². The molecule has 1 atom stereocenters. The standard InChI is InChI=1S/C14H19NO3/c1-16-13-11(10-5-6-15-9-10)3-4-12-14(13)18-8-2-7-17-12/h3-4,10,15H,2,5-9H2,1H3. The second-order valence-corrected chi connectivity index (χ2v) is 4.76. The monoisotopic (exact) mass is 249 g/mol. The Bertz CT molecular complexity index is 427. The minimum atomic E-state index is 0.511. The van der Waals surface area contributed by atoms with Crippen LogP contribution in [0.3, 0.4) is 0 Å². The van der Waals surface area contributed by atoms with Gasteiger partial charge in [0.05, 0.1) is 20.3 Å². The van der Waals surface area contributed by atoms with Crippen LogP contribution in [0.1, 0.15) is 24.3 Å². The Labute approximate surface area is 107 Å². The third kappa shape index (κ3) is 2.01. The van der Waals surface area contributed by atoms with E-state index < -0.39 is 0 Å². The van der Waals surface area contributed by atoms with Crippen LogP contribution in [0.15, 0.2) is 12.1 Å². The van der Waals surface area contributed by atoms with Gasteiger partial charge in [-0.2, -0.15) is 0 Å². The molecule has 98 valence electrons. The summed E-state index contributed by atoms with van der Waals surface area (Å²) in [5.74, 6) is 2.94. The van der Waals surface area contributed by atoms with Crippen molar-refractivity contribution in [3.05, 3.63) is 17.7 Å². The molecule has 1 fully saturated rings. The van der Waals surface area contributed by atoms with E-state index in [9.17, 15) is 0 Å². The van der Waals surface area contributed by atoms with Crippen LogP contribution in [0.5, 0.6) is 17.2 Å². The first-order chi connectivity index (χ1) is 8.90. The van der Waals surface area contributed by atoms with Gasteiger partial charge in [-0.1, -0.05) is 6.07 Å². The van der Waals surface area contributed by atoms with E-state index in [1.54, 1.807) is 7.11 Å². The molecule has 1 unspecified atom stereocenters. The molecule has 18 heavy (non-hydrogen) atoms. The first-order valence-corrected chi connectivity index (χ1v) is 6.57. The van der Waals surface area contributed by atoms with E-state index in [2.05, 4.69) is 11.4 Å². The summed E-state index contributed by atoms with van der Waals surface area (Å²) >= 11 is 0. The normalized spacial score (nSPS) is 22.6. The summed E-state index contributed by atoms with van der Waals surface area (Å²) in [5, 5.41) is 3.39. The highest BCUT2D eigenvalue weighted by Gasteiger charge is 2.25. The molecule has 1 aromatic carbocycles. The van der Waals surface area contributed by atoms with Gasteiger partial charge in [0.15, 0.2) is 11.5 Å². The van der Waals surface area contributed by atoms with Crippen LogP contribution >= 0.6 is 0 Å². The first-order valence-electron chi connectivity index (χ1n) is 6.57. The molecule has 0 bridgehead atoms. The number of hydrogen-bond donors (Lipinski definition) is 1. The molecule has 0 radical (unpaired) electrons. The number of hydrogen-bond acceptors (Lipinski definition) is 4. The van der Waals surface area contributed by atoms with Crippen molar-refractivity contribution in [3.8, 4) is 17.2 Å². The Morgan fingerprint density at radius 3 is 2.94 bits per heavy atom. The molecule has 0 aromatic heterocycles. The van der Waals surface area contributed by atoms with E-state index >= 15 is 0 Å². The number of methoxy groups -OCH3 is 1. The van der Waals surface area contributed by atoms with Gasteiger partial charge in [-0.3, -0.25) is 0 Å². The summed E-state index contributed by atoms with van der Waals surface area (Å²) in [4.78, 5) is 0. The van der Waals surface area contributed by atoms with E-state index in [1.165, 1.54) is 5.56 Å². The van der Waals surface area contributed by atoms with Crippen molar-refractivity contribution in [1.29, 1.82) is 0 Å². The van der Waals surface area contributed by atoms with Gasteiger partial charge < -0.3 is 19.5 Å². The van der Waals surface area contributed by atoms with Gasteiger partial charge in [0.1, 0.15) is 0 Å². The number of ether oxygens (including phenoxy) is 3. The number of rotatable bonds is 2. The zero-order valence-corrected chi connectivity index (χ0v) is 10.7. The largest absolute Gasteiger partial charge is 0.492 e. The lowest BCUT2D eigenvalue weighted by Gasteiger charge is -2.18. The van der Waals surface area contributed by atoms with Gasteiger partial charge in [0.25, 0.3) is 0 Å². The fourth-order valence-corrected chi connectivity index (χ4v) is 2.68. The quantitative estimate of drug-likeness (QED) is 0.869. The zero-order chi connectivity index (χ0) is 12.4. The molecule has 0 spiro atoms. The zero-order valence-electron chi connectivity index (χ0n) is 10.7. The third-order valence-electron chi connectivity index (χ3n) is 3.60. The molecule has 2 aliphatic heterocycles. The molecule has 0 aliphatic carbocycles. The second kappa shape index (κ2) is 5.06. The van der Waals surface area contributed by atoms with E-state index in [0.717, 1.165) is 43.2 Å². The highest BCUT2D eigenvalue weighted by molar-refractivity contribution is 5.57. The first kappa shape index (κ1) is 11.7. The molecule has 2 aliphatic rings. The van der Waals surface area contributed by atoms with E-state index in [0.29, 0.717) is 19.1 Å². The smallest absolute Gasteiger partial charge is 0.203 e. The molecule has 4 nitrogen and oxygen atoms in total. The molecule has 1 aromatic rings. The van der Waals surface area contributed by atoms with Crippen molar-refractivity contribution in [1.82, 2.24) is 5.32 Å². The van der Waals surface area contributed by atoms with E-state index in [1.807, 2.05) is 6.07 Å². The Morgan fingerprint density at radius 2 is 2.17 bits per heavy atom. The lowest BCUT2D eigenvalue weighted by Crippen LogP contribution is -2.09. The molecule has 4 heteroatoms. The predicted octanol–water partition coefficient (Wildman–Crippen LogP) is 1.93. The summed E-state index contributed by atoms with van der Waals surface area (Å²) < 4.78 is 17.1. The average Bonchev–Trinajstić information content (AvgIpc) is 2.82. The Kier molecular flexibility index (Phi) is 3.28. The van der Waals surface area contributed by atoms with Crippen LogP contribution in [0.25, 0.3) is 0 Å². The Morgan fingerprint density at radius 1 is 1.28 bits per heavy atom. The topological polar surface area (TPSA) is 39.7 Å². The number of fused-ring (bicyclic) bond motifs is 1. The lowest BCUT2D eigenvalue weighted by atomic mass is 9.96. The summed E-state index contributed by atoms with van der Waals surface area (Å²) in [6, 6.07) is 4.13. The van der Waals surface area contributed by atoms with Crippen LogP contribution in [-0.4, -0.2) is 33.4 Å². The molecule has 0 saturated carbocycles. The number of nitrogens with one attached hydrogen (secondary N) is 1. The average molecular weight is 249 g/mol. The van der Waals surface area contributed by atoms with Crippen molar-refractivity contribution < 1.29 is 14.2 Å². The van der Waals surface area contributed by atoms with Crippen LogP contribution in [-0.2, 0) is 0 Å². The van der Waals surface area contributed by atoms with Gasteiger partial charge in [-0.25, -0.2) is 0 Å². The Balaban J connectivity index is 2.01. The van der Waals surface area contributed by atoms with Crippen molar-refractivity contribution in [2.24, 2.45) is 0 Å². The molecule has 0 amide bonds. The third-order valence-corrected chi connectivity index (χ3v) is 3.60. The summed E-state index contributed by atoms with van der Waals surface area (Å²) in [5.41, 5.74) is 1.23. The fourth-order valence-electron chi connectivity index (χ4n) is 2.68. The number of benzene rings is 1. The highest BCUT2D eigenvalue weighted by atomic mass is 16.5. The Hall–Kier alpha value is -1.42. The van der Waals surface area contributed by atoms with Gasteiger partial charge in [0, 0.05) is 24.4 Å². The summed E-state index contributed by atoms with van der Waals surface area (Å²) in [7, 11) is 1.70. The molecule has 1 saturated heterocycles. The maximum Gasteiger partial charge on any atom is 0.203 e. The molecule has 1 N–H and O–H groups in total. The maximum atomic E-state index is 5.80. The molecule has 2 heterocycles. The summed E-state index contributed by atoms with van der Waals surface area (Å²) in [6.45, 7) is 3.48. The summed E-state index contributed by atoms with van der Waals surface area (Å²) in [6.07, 6.45) is 2.06. The van der Waals surface area contributed by atoms with Crippen molar-refractivity contribution in [3.63, 3.8) is 0 Å². The minimum absolute atomic E-state index is 0.511. The van der Waals surface area contributed by atoms with E-state index in [-0.39, 0.29) is 0 Å². The fraction of sp³-hybridized carbons (Fsp3) is 0.571. The van der Waals surface area contributed by atoms with Gasteiger partial charge in [-0.05, 0) is 19.0 Å². The van der Waals surface area contributed by atoms with E-state index in [4.69, 9.17) is 14.2 Å². The van der Waals surface area contributed by atoms with Crippen molar-refractivity contribution in [2.75, 3.05) is 33.4 Å². The van der Waals surface area contributed by atoms with Gasteiger partial charge in [0.2, 0.25) is 5.75 Å². The molecular formula is C14H19NO3. The van der Waals surface area contributed by atoms with Gasteiger partial charge in [-0.15, -0.1) is 0 Å². The lowest BCUT2D eigenvalue weighted by molar-refractivity contribution is 0.288. The second-order valence-electron chi connectivity index (χ2n) is 4.76. The molecule has 3 rings (SSSR count). The maximum absolute atomic E-state index is 5.80.